The largest absolute Gasteiger partial charge is 0.351 e. The molecule has 0 bridgehead atoms. The van der Waals surface area contributed by atoms with Crippen LogP contribution in [0.1, 0.15) is 32.9 Å². The summed E-state index contributed by atoms with van der Waals surface area (Å²) in [5.74, 6) is 1.10. The molecule has 0 amide bonds. The van der Waals surface area contributed by atoms with E-state index in [-0.39, 0.29) is 0 Å². The van der Waals surface area contributed by atoms with Crippen LogP contribution in [-0.4, -0.2) is 22.4 Å². The van der Waals surface area contributed by atoms with Crippen LogP contribution in [0.25, 0.3) is 0 Å². The molecule has 1 aliphatic heterocycles. The first-order valence-corrected chi connectivity index (χ1v) is 5.20. The molecule has 1 N–H and O–H groups in total. The van der Waals surface area contributed by atoms with E-state index in [9.17, 15) is 0 Å². The van der Waals surface area contributed by atoms with Crippen LogP contribution in [0.2, 0.25) is 0 Å². The SMILES string of the molecule is CC.CCCn1cnc2c1NCN=C2. The number of imidazole rings is 1. The third-order valence-corrected chi connectivity index (χ3v) is 1.88. The predicted octanol–water partition coefficient (Wildman–Crippen LogP) is 2.12. The summed E-state index contributed by atoms with van der Waals surface area (Å²) in [6.45, 7) is 7.84. The zero-order valence-electron chi connectivity index (χ0n) is 9.12. The minimum Gasteiger partial charge on any atom is -0.351 e. The molecule has 0 fully saturated rings. The summed E-state index contributed by atoms with van der Waals surface area (Å²) in [5, 5.41) is 3.20. The van der Waals surface area contributed by atoms with Gasteiger partial charge in [0.15, 0.2) is 0 Å². The number of hydrogen-bond donors (Lipinski definition) is 1. The van der Waals surface area contributed by atoms with Crippen molar-refractivity contribution in [2.24, 2.45) is 4.99 Å². The summed E-state index contributed by atoms with van der Waals surface area (Å²) in [6, 6.07) is 0. The van der Waals surface area contributed by atoms with Crippen molar-refractivity contribution in [3.63, 3.8) is 0 Å². The monoisotopic (exact) mass is 194 g/mol. The highest BCUT2D eigenvalue weighted by Gasteiger charge is 2.10. The van der Waals surface area contributed by atoms with Crippen molar-refractivity contribution in [3.8, 4) is 0 Å². The van der Waals surface area contributed by atoms with Crippen molar-refractivity contribution in [1.29, 1.82) is 0 Å². The van der Waals surface area contributed by atoms with Crippen LogP contribution < -0.4 is 5.32 Å². The lowest BCUT2D eigenvalue weighted by molar-refractivity contribution is 0.681. The molecule has 0 saturated carbocycles. The van der Waals surface area contributed by atoms with Crippen LogP contribution in [0, 0.1) is 0 Å². The van der Waals surface area contributed by atoms with Gasteiger partial charge in [-0.2, -0.15) is 0 Å². The Kier molecular flexibility index (Phi) is 4.16. The van der Waals surface area contributed by atoms with Gasteiger partial charge in [0.25, 0.3) is 0 Å². The van der Waals surface area contributed by atoms with E-state index in [1.54, 1.807) is 0 Å². The molecule has 0 aromatic carbocycles. The number of aryl methyl sites for hydroxylation is 1. The molecule has 4 heteroatoms. The molecule has 0 atom stereocenters. The lowest BCUT2D eigenvalue weighted by Crippen LogP contribution is -2.11. The number of nitrogens with one attached hydrogen (secondary N) is 1. The van der Waals surface area contributed by atoms with Crippen molar-refractivity contribution in [2.75, 3.05) is 12.0 Å². The van der Waals surface area contributed by atoms with Gasteiger partial charge in [0.05, 0.1) is 12.5 Å². The van der Waals surface area contributed by atoms with E-state index in [0.29, 0.717) is 6.67 Å². The van der Waals surface area contributed by atoms with Gasteiger partial charge in [-0.3, -0.25) is 4.99 Å². The van der Waals surface area contributed by atoms with E-state index in [2.05, 4.69) is 26.8 Å². The summed E-state index contributed by atoms with van der Waals surface area (Å²) in [6.07, 6.45) is 4.80. The number of nitrogens with zero attached hydrogens (tertiary/aromatic N) is 3. The summed E-state index contributed by atoms with van der Waals surface area (Å²) in [4.78, 5) is 8.31. The maximum absolute atomic E-state index is 4.23. The molecule has 2 rings (SSSR count). The Morgan fingerprint density at radius 2 is 2.29 bits per heavy atom. The van der Waals surface area contributed by atoms with Gasteiger partial charge < -0.3 is 9.88 Å². The fraction of sp³-hybridized carbons (Fsp3) is 0.600. The lowest BCUT2D eigenvalue weighted by atomic mass is 10.4. The standard InChI is InChI=1S/C8H12N4.C2H6/c1-2-3-12-6-11-7-4-9-5-10-8(7)12;1-2/h4,6,10H,2-3,5H2,1H3;1-2H3. The van der Waals surface area contributed by atoms with Crippen LogP contribution in [0.3, 0.4) is 0 Å². The van der Waals surface area contributed by atoms with E-state index in [0.717, 1.165) is 24.5 Å². The number of rotatable bonds is 2. The molecular weight excluding hydrogens is 176 g/mol. The normalized spacial score (nSPS) is 12.5. The molecule has 2 heterocycles. The van der Waals surface area contributed by atoms with Gasteiger partial charge in [0.1, 0.15) is 18.2 Å². The highest BCUT2D eigenvalue weighted by molar-refractivity contribution is 5.85. The second kappa shape index (κ2) is 5.42. The second-order valence-corrected chi connectivity index (χ2v) is 2.82. The Morgan fingerprint density at radius 1 is 1.50 bits per heavy atom. The molecule has 1 aromatic rings. The molecule has 0 aliphatic carbocycles. The fourth-order valence-electron chi connectivity index (χ4n) is 1.35. The van der Waals surface area contributed by atoms with Crippen molar-refractivity contribution in [1.82, 2.24) is 9.55 Å². The van der Waals surface area contributed by atoms with Gasteiger partial charge >= 0.3 is 0 Å². The summed E-state index contributed by atoms with van der Waals surface area (Å²) >= 11 is 0. The third kappa shape index (κ3) is 2.13. The summed E-state index contributed by atoms with van der Waals surface area (Å²) < 4.78 is 2.13. The Hall–Kier alpha value is -1.32. The van der Waals surface area contributed by atoms with Crippen LogP contribution in [0.4, 0.5) is 5.82 Å². The molecular formula is C10H18N4. The zero-order chi connectivity index (χ0) is 10.4. The molecule has 0 saturated heterocycles. The predicted molar refractivity (Wildman–Crippen MR) is 59.9 cm³/mol. The topological polar surface area (TPSA) is 42.2 Å². The molecule has 0 spiro atoms. The summed E-state index contributed by atoms with van der Waals surface area (Å²) in [5.41, 5.74) is 0.953. The molecule has 14 heavy (non-hydrogen) atoms. The Bertz CT molecular complexity index is 301. The van der Waals surface area contributed by atoms with E-state index in [1.807, 2.05) is 26.4 Å². The van der Waals surface area contributed by atoms with Crippen LogP contribution in [-0.2, 0) is 6.54 Å². The molecule has 0 radical (unpaired) electrons. The van der Waals surface area contributed by atoms with Crippen molar-refractivity contribution in [2.45, 2.75) is 33.7 Å². The number of fused-ring (bicyclic) bond motifs is 1. The zero-order valence-corrected chi connectivity index (χ0v) is 9.12. The second-order valence-electron chi connectivity index (χ2n) is 2.82. The maximum Gasteiger partial charge on any atom is 0.136 e. The van der Waals surface area contributed by atoms with Crippen molar-refractivity contribution >= 4 is 12.0 Å². The fourth-order valence-corrected chi connectivity index (χ4v) is 1.35. The number of anilines is 1. The first-order chi connectivity index (χ1) is 6.92. The third-order valence-electron chi connectivity index (χ3n) is 1.88. The average molecular weight is 194 g/mol. The van der Waals surface area contributed by atoms with Crippen molar-refractivity contribution < 1.29 is 0 Å². The van der Waals surface area contributed by atoms with Gasteiger partial charge in [-0.1, -0.05) is 20.8 Å². The minimum atomic E-state index is 0.669. The molecule has 4 nitrogen and oxygen atoms in total. The van der Waals surface area contributed by atoms with Gasteiger partial charge in [-0.15, -0.1) is 0 Å². The molecule has 1 aromatic heterocycles. The number of hydrogen-bond acceptors (Lipinski definition) is 3. The highest BCUT2D eigenvalue weighted by atomic mass is 15.2. The molecule has 0 unspecified atom stereocenters. The molecule has 1 aliphatic rings. The molecule has 78 valence electrons. The van der Waals surface area contributed by atoms with Gasteiger partial charge in [0.2, 0.25) is 0 Å². The van der Waals surface area contributed by atoms with Crippen LogP contribution >= 0.6 is 0 Å². The lowest BCUT2D eigenvalue weighted by Gasteiger charge is -2.11. The van der Waals surface area contributed by atoms with Gasteiger partial charge in [-0.05, 0) is 6.42 Å². The average Bonchev–Trinajstić information content (AvgIpc) is 2.66. The van der Waals surface area contributed by atoms with Gasteiger partial charge in [-0.25, -0.2) is 4.98 Å². The Labute approximate surface area is 85.1 Å². The number of aliphatic imine (C=N–C) groups is 1. The summed E-state index contributed by atoms with van der Waals surface area (Å²) in [7, 11) is 0. The van der Waals surface area contributed by atoms with E-state index in [4.69, 9.17) is 0 Å². The van der Waals surface area contributed by atoms with E-state index in [1.165, 1.54) is 0 Å². The first-order valence-electron chi connectivity index (χ1n) is 5.20. The van der Waals surface area contributed by atoms with Crippen LogP contribution in [0.15, 0.2) is 11.3 Å². The first kappa shape index (κ1) is 10.8. The van der Waals surface area contributed by atoms with Crippen molar-refractivity contribution in [3.05, 3.63) is 12.0 Å². The minimum absolute atomic E-state index is 0.669. The number of aromatic nitrogens is 2. The van der Waals surface area contributed by atoms with E-state index >= 15 is 0 Å². The smallest absolute Gasteiger partial charge is 0.136 e. The van der Waals surface area contributed by atoms with E-state index < -0.39 is 0 Å². The van der Waals surface area contributed by atoms with Crippen LogP contribution in [0.5, 0.6) is 0 Å². The maximum atomic E-state index is 4.23. The highest BCUT2D eigenvalue weighted by Crippen LogP contribution is 2.15. The Balaban J connectivity index is 0.000000461. The quantitative estimate of drug-likeness (QED) is 0.783. The van der Waals surface area contributed by atoms with Gasteiger partial charge in [0, 0.05) is 6.54 Å². The Morgan fingerprint density at radius 3 is 3.00 bits per heavy atom.